The number of carbonyl (C=O) groups is 5. The van der Waals surface area contributed by atoms with Gasteiger partial charge in [0, 0.05) is 12.1 Å². The number of aromatic hydroxyl groups is 1. The third-order valence-corrected chi connectivity index (χ3v) is 10.9. The minimum Gasteiger partial charge on any atom is -0.508 e. The lowest BCUT2D eigenvalue weighted by Crippen LogP contribution is -2.63. The number of hydrogen-bond acceptors (Lipinski definition) is 6. The highest BCUT2D eigenvalue weighted by Gasteiger charge is 2.70. The Balaban J connectivity index is 1.34. The van der Waals surface area contributed by atoms with Crippen LogP contribution in [0.1, 0.15) is 91.5 Å². The molecule has 1 saturated heterocycles. The Hall–Kier alpha value is -3.63. The van der Waals surface area contributed by atoms with E-state index in [0.29, 0.717) is 19.4 Å². The van der Waals surface area contributed by atoms with E-state index in [9.17, 15) is 29.1 Å². The van der Waals surface area contributed by atoms with E-state index < -0.39 is 52.7 Å². The van der Waals surface area contributed by atoms with Gasteiger partial charge in [-0.3, -0.25) is 19.2 Å². The number of hydrogen-bond donors (Lipinski definition) is 5. The van der Waals surface area contributed by atoms with Crippen molar-refractivity contribution in [3.63, 3.8) is 0 Å². The molecule has 0 spiro atoms. The second-order valence-electron chi connectivity index (χ2n) is 15.9. The molecule has 11 nitrogen and oxygen atoms in total. The van der Waals surface area contributed by atoms with Gasteiger partial charge in [-0.25, -0.2) is 4.79 Å². The summed E-state index contributed by atoms with van der Waals surface area (Å²) < 4.78 is 0. The van der Waals surface area contributed by atoms with Gasteiger partial charge in [-0.15, -0.1) is 0 Å². The minimum atomic E-state index is -1.09. The fraction of sp³-hybridized carbons (Fsp3) is 0.686. The number of likely N-dealkylation sites (tertiary alicyclic amines) is 1. The topological polar surface area (TPSA) is 171 Å². The summed E-state index contributed by atoms with van der Waals surface area (Å²) in [5.41, 5.74) is 4.87. The zero-order valence-electron chi connectivity index (χ0n) is 27.9. The second-order valence-corrected chi connectivity index (χ2v) is 15.9. The van der Waals surface area contributed by atoms with Crippen LogP contribution in [0, 0.1) is 28.6 Å². The summed E-state index contributed by atoms with van der Waals surface area (Å²) in [6.07, 6.45) is 7.34. The lowest BCUT2D eigenvalue weighted by molar-refractivity contribution is -0.145. The standard InChI is InChI=1S/C35H51N5O6/c1-33(2,3)28(38-32(46)39-35(14-7-6-8-15-35)18-21-10-9-11-22(41)16-21)31(45)40-19-23-25(34(23,4)5)26(40)30(44)37-24(17-20-12-13-20)27(42)29(36)43/h9-11,16,20,23-26,28,41H,6-8,12-15,17-19H2,1-5H3,(H2,36,43)(H,37,44)(H2,38,39,46)/t23?,24?,25-,26-,28+/m0/s1. The van der Waals surface area contributed by atoms with Crippen LogP contribution >= 0.6 is 0 Å². The van der Waals surface area contributed by atoms with Gasteiger partial charge in [0.25, 0.3) is 5.91 Å². The van der Waals surface area contributed by atoms with E-state index in [0.717, 1.165) is 50.5 Å². The van der Waals surface area contributed by atoms with Crippen molar-refractivity contribution in [1.29, 1.82) is 0 Å². The molecule has 5 rings (SSSR count). The van der Waals surface area contributed by atoms with E-state index in [1.807, 2.05) is 26.8 Å². The first kappa shape index (κ1) is 33.7. The number of rotatable bonds is 11. The number of nitrogens with zero attached hydrogens (tertiary/aromatic N) is 1. The number of phenols is 1. The zero-order valence-corrected chi connectivity index (χ0v) is 27.9. The highest BCUT2D eigenvalue weighted by Crippen LogP contribution is 2.65. The maximum Gasteiger partial charge on any atom is 0.315 e. The molecule has 0 aromatic heterocycles. The molecular weight excluding hydrogens is 586 g/mol. The van der Waals surface area contributed by atoms with Gasteiger partial charge in [-0.05, 0) is 72.0 Å². The van der Waals surface area contributed by atoms with Crippen LogP contribution in [0.4, 0.5) is 4.79 Å². The van der Waals surface area contributed by atoms with E-state index in [2.05, 4.69) is 29.8 Å². The normalized spacial score (nSPS) is 25.8. The van der Waals surface area contributed by atoms with Gasteiger partial charge in [-0.2, -0.15) is 0 Å². The molecule has 5 amide bonds. The van der Waals surface area contributed by atoms with E-state index in [-0.39, 0.29) is 34.8 Å². The number of primary amides is 1. The van der Waals surface area contributed by atoms with Gasteiger partial charge in [-0.1, -0.05) is 78.9 Å². The van der Waals surface area contributed by atoms with E-state index in [1.165, 1.54) is 0 Å². The van der Waals surface area contributed by atoms with Crippen LogP contribution in [-0.4, -0.2) is 69.8 Å². The number of ketones is 1. The number of phenolic OH excluding ortho intramolecular Hbond substituents is 1. The highest BCUT2D eigenvalue weighted by atomic mass is 16.3. The summed E-state index contributed by atoms with van der Waals surface area (Å²) >= 11 is 0. The molecule has 252 valence electrons. The fourth-order valence-electron chi connectivity index (χ4n) is 8.01. The summed E-state index contributed by atoms with van der Waals surface area (Å²) in [5.74, 6) is -2.30. The third-order valence-electron chi connectivity index (χ3n) is 10.9. The molecule has 4 aliphatic rings. The first-order chi connectivity index (χ1) is 21.5. The van der Waals surface area contributed by atoms with Crippen molar-refractivity contribution in [3.8, 4) is 5.75 Å². The van der Waals surface area contributed by atoms with Crippen LogP contribution in [-0.2, 0) is 25.6 Å². The van der Waals surface area contributed by atoms with Crippen LogP contribution in [0.15, 0.2) is 24.3 Å². The molecule has 3 saturated carbocycles. The Kier molecular flexibility index (Phi) is 9.18. The first-order valence-corrected chi connectivity index (χ1v) is 16.8. The third kappa shape index (κ3) is 7.18. The number of piperidine rings is 1. The Bertz CT molecular complexity index is 1380. The molecule has 46 heavy (non-hydrogen) atoms. The van der Waals surface area contributed by atoms with Gasteiger partial charge >= 0.3 is 6.03 Å². The second kappa shape index (κ2) is 12.5. The Labute approximate surface area is 271 Å². The Morgan fingerprint density at radius 1 is 1.04 bits per heavy atom. The number of amides is 5. The fourth-order valence-corrected chi connectivity index (χ4v) is 8.01. The highest BCUT2D eigenvalue weighted by molar-refractivity contribution is 6.37. The molecule has 0 radical (unpaired) electrons. The van der Waals surface area contributed by atoms with E-state index in [4.69, 9.17) is 5.73 Å². The molecular formula is C35H51N5O6. The Morgan fingerprint density at radius 2 is 1.72 bits per heavy atom. The molecule has 6 N–H and O–H groups in total. The molecule has 11 heteroatoms. The van der Waals surface area contributed by atoms with Crippen LogP contribution < -0.4 is 21.7 Å². The lowest BCUT2D eigenvalue weighted by atomic mass is 9.77. The average molecular weight is 638 g/mol. The van der Waals surface area contributed by atoms with Crippen molar-refractivity contribution in [1.82, 2.24) is 20.9 Å². The SMILES string of the molecule is CC(C)(C)[C@H](NC(=O)NC1(Cc2cccc(O)c2)CCCCC1)C(=O)N1CC2[C@@H]([C@H]1C(=O)NC(CC1CC1)C(=O)C(N)=O)C2(C)C. The van der Waals surface area contributed by atoms with Crippen molar-refractivity contribution in [3.05, 3.63) is 29.8 Å². The summed E-state index contributed by atoms with van der Waals surface area (Å²) in [6.45, 7) is 10.2. The number of nitrogens with two attached hydrogens (primary N) is 1. The summed E-state index contributed by atoms with van der Waals surface area (Å²) in [7, 11) is 0. The van der Waals surface area contributed by atoms with Gasteiger partial charge in [0.2, 0.25) is 17.6 Å². The van der Waals surface area contributed by atoms with Crippen LogP contribution in [0.3, 0.4) is 0 Å². The van der Waals surface area contributed by atoms with Crippen molar-refractivity contribution in [2.24, 2.45) is 34.3 Å². The molecule has 4 fully saturated rings. The minimum absolute atomic E-state index is 0.100. The number of fused-ring (bicyclic) bond motifs is 1. The largest absolute Gasteiger partial charge is 0.508 e. The smallest absolute Gasteiger partial charge is 0.315 e. The Morgan fingerprint density at radius 3 is 2.30 bits per heavy atom. The number of nitrogens with one attached hydrogen (secondary N) is 3. The van der Waals surface area contributed by atoms with Crippen molar-refractivity contribution in [2.45, 2.75) is 116 Å². The predicted molar refractivity (Wildman–Crippen MR) is 172 cm³/mol. The van der Waals surface area contributed by atoms with Crippen LogP contribution in [0.5, 0.6) is 5.75 Å². The predicted octanol–water partition coefficient (Wildman–Crippen LogP) is 3.17. The lowest BCUT2D eigenvalue weighted by Gasteiger charge is -2.41. The van der Waals surface area contributed by atoms with E-state index >= 15 is 0 Å². The number of urea groups is 1. The monoisotopic (exact) mass is 637 g/mol. The quantitative estimate of drug-likeness (QED) is 0.233. The van der Waals surface area contributed by atoms with Gasteiger partial charge < -0.3 is 31.7 Å². The number of benzene rings is 1. The number of Topliss-reactive ketones (excluding diaryl/α,β-unsaturated/α-hetero) is 1. The van der Waals surface area contributed by atoms with Gasteiger partial charge in [0.1, 0.15) is 17.8 Å². The summed E-state index contributed by atoms with van der Waals surface area (Å²) in [5, 5.41) is 19.0. The maximum atomic E-state index is 14.4. The molecule has 1 aromatic rings. The summed E-state index contributed by atoms with van der Waals surface area (Å²) in [6, 6.07) is 3.84. The summed E-state index contributed by atoms with van der Waals surface area (Å²) in [4.78, 5) is 68.0. The van der Waals surface area contributed by atoms with Gasteiger partial charge in [0.15, 0.2) is 0 Å². The molecule has 3 aliphatic carbocycles. The first-order valence-electron chi connectivity index (χ1n) is 16.8. The number of carbonyl (C=O) groups excluding carboxylic acids is 5. The average Bonchev–Trinajstić information content (AvgIpc) is 3.82. The van der Waals surface area contributed by atoms with E-state index in [1.54, 1.807) is 23.1 Å². The maximum absolute atomic E-state index is 14.4. The molecule has 5 atom stereocenters. The van der Waals surface area contributed by atoms with Crippen LogP contribution in [0.2, 0.25) is 0 Å². The molecule has 1 aromatic carbocycles. The van der Waals surface area contributed by atoms with Crippen molar-refractivity contribution >= 4 is 29.5 Å². The van der Waals surface area contributed by atoms with Crippen molar-refractivity contribution < 1.29 is 29.1 Å². The molecule has 2 unspecified atom stereocenters. The molecule has 0 bridgehead atoms. The molecule has 1 heterocycles. The van der Waals surface area contributed by atoms with Crippen LogP contribution in [0.25, 0.3) is 0 Å². The zero-order chi connectivity index (χ0) is 33.6. The molecule has 1 aliphatic heterocycles. The van der Waals surface area contributed by atoms with Gasteiger partial charge in [0.05, 0.1) is 6.04 Å². The van der Waals surface area contributed by atoms with Crippen molar-refractivity contribution in [2.75, 3.05) is 6.54 Å².